The third-order valence-corrected chi connectivity index (χ3v) is 6.66. The van der Waals surface area contributed by atoms with Gasteiger partial charge in [-0.1, -0.05) is 24.3 Å². The van der Waals surface area contributed by atoms with Crippen LogP contribution in [0.5, 0.6) is 23.0 Å². The van der Waals surface area contributed by atoms with Crippen LogP contribution in [-0.4, -0.2) is 52.5 Å². The van der Waals surface area contributed by atoms with Crippen molar-refractivity contribution < 1.29 is 32.5 Å². The Kier molecular flexibility index (Phi) is 8.41. The molecule has 0 spiro atoms. The topological polar surface area (TPSA) is 116 Å². The van der Waals surface area contributed by atoms with E-state index in [1.54, 1.807) is 35.2 Å². The monoisotopic (exact) mass is 594 g/mol. The van der Waals surface area contributed by atoms with Crippen molar-refractivity contribution in [3.05, 3.63) is 83.7 Å². The van der Waals surface area contributed by atoms with Crippen molar-refractivity contribution in [1.82, 2.24) is 19.5 Å². The zero-order valence-electron chi connectivity index (χ0n) is 23.6. The summed E-state index contributed by atoms with van der Waals surface area (Å²) in [7, 11) is 4.54. The second-order valence-electron chi connectivity index (χ2n) is 9.52. The average molecular weight is 595 g/mol. The molecule has 10 nitrogen and oxygen atoms in total. The molecule has 0 unspecified atom stereocenters. The lowest BCUT2D eigenvalue weighted by molar-refractivity contribution is -0.137. The number of aromatic hydroxyl groups is 1. The van der Waals surface area contributed by atoms with Crippen molar-refractivity contribution in [1.29, 1.82) is 0 Å². The minimum atomic E-state index is -4.42. The highest BCUT2D eigenvalue weighted by Crippen LogP contribution is 2.40. The normalized spacial score (nSPS) is 11.4. The molecule has 224 valence electrons. The summed E-state index contributed by atoms with van der Waals surface area (Å²) < 4.78 is 57.2. The van der Waals surface area contributed by atoms with E-state index in [-0.39, 0.29) is 18.2 Å². The van der Waals surface area contributed by atoms with Gasteiger partial charge < -0.3 is 34.5 Å². The molecule has 0 aliphatic rings. The van der Waals surface area contributed by atoms with Crippen LogP contribution in [0.25, 0.3) is 11.2 Å². The third kappa shape index (κ3) is 6.66. The number of phenolic OH excluding ortho intramolecular Hbond substituents is 1. The Morgan fingerprint density at radius 3 is 2.12 bits per heavy atom. The molecule has 5 rings (SSSR count). The van der Waals surface area contributed by atoms with Gasteiger partial charge in [-0.25, -0.2) is 4.98 Å². The summed E-state index contributed by atoms with van der Waals surface area (Å²) in [6.45, 7) is 0.745. The Morgan fingerprint density at radius 1 is 0.860 bits per heavy atom. The molecule has 0 bridgehead atoms. The molecule has 5 aromatic rings. The first kappa shape index (κ1) is 29.3. The molecule has 0 saturated carbocycles. The number of anilines is 3. The molecule has 0 atom stereocenters. The lowest BCUT2D eigenvalue weighted by atomic mass is 10.1. The number of benzene rings is 3. The van der Waals surface area contributed by atoms with Crippen molar-refractivity contribution in [2.75, 3.05) is 38.5 Å². The number of rotatable bonds is 11. The molecule has 0 radical (unpaired) electrons. The molecular weight excluding hydrogens is 565 g/mol. The fourth-order valence-corrected chi connectivity index (χ4v) is 4.51. The average Bonchev–Trinajstić information content (AvgIpc) is 3.39. The van der Waals surface area contributed by atoms with Gasteiger partial charge in [-0.2, -0.15) is 23.1 Å². The van der Waals surface area contributed by atoms with Crippen LogP contribution in [-0.2, 0) is 19.1 Å². The maximum absolute atomic E-state index is 13.1. The fraction of sp³-hybridized carbons (Fsp3) is 0.233. The summed E-state index contributed by atoms with van der Waals surface area (Å²) in [5, 5.41) is 16.1. The molecule has 0 aliphatic carbocycles. The Bertz CT molecular complexity index is 1680. The Labute approximate surface area is 245 Å². The number of nitrogens with zero attached hydrogens (tertiary/aromatic N) is 4. The number of aromatic nitrogens is 4. The van der Waals surface area contributed by atoms with Crippen LogP contribution >= 0.6 is 0 Å². The van der Waals surface area contributed by atoms with Gasteiger partial charge in [0, 0.05) is 24.4 Å². The van der Waals surface area contributed by atoms with Gasteiger partial charge >= 0.3 is 6.18 Å². The van der Waals surface area contributed by atoms with Crippen molar-refractivity contribution in [2.24, 2.45) is 0 Å². The number of imidazole rings is 1. The molecule has 43 heavy (non-hydrogen) atoms. The van der Waals surface area contributed by atoms with E-state index in [1.807, 2.05) is 12.1 Å². The van der Waals surface area contributed by atoms with Gasteiger partial charge in [-0.3, -0.25) is 0 Å². The van der Waals surface area contributed by atoms with Gasteiger partial charge in [-0.05, 0) is 41.8 Å². The third-order valence-electron chi connectivity index (χ3n) is 6.66. The number of hydrogen-bond donors (Lipinski definition) is 3. The van der Waals surface area contributed by atoms with Crippen molar-refractivity contribution >= 4 is 28.6 Å². The van der Waals surface area contributed by atoms with Gasteiger partial charge in [0.05, 0.1) is 39.8 Å². The van der Waals surface area contributed by atoms with Gasteiger partial charge in [0.1, 0.15) is 5.75 Å². The Balaban J connectivity index is 1.48. The van der Waals surface area contributed by atoms with Gasteiger partial charge in [0.15, 0.2) is 28.5 Å². The van der Waals surface area contributed by atoms with Crippen LogP contribution in [0, 0.1) is 0 Å². The molecule has 3 N–H and O–H groups in total. The Morgan fingerprint density at radius 2 is 1.51 bits per heavy atom. The predicted molar refractivity (Wildman–Crippen MR) is 156 cm³/mol. The molecule has 0 amide bonds. The largest absolute Gasteiger partial charge is 0.508 e. The predicted octanol–water partition coefficient (Wildman–Crippen LogP) is 6.02. The maximum Gasteiger partial charge on any atom is 0.416 e. The van der Waals surface area contributed by atoms with E-state index in [4.69, 9.17) is 19.2 Å². The summed E-state index contributed by atoms with van der Waals surface area (Å²) in [5.74, 6) is 2.19. The number of phenols is 1. The second-order valence-corrected chi connectivity index (χ2v) is 9.52. The molecule has 2 heterocycles. The fourth-order valence-electron chi connectivity index (χ4n) is 4.51. The number of methoxy groups -OCH3 is 3. The standard InChI is InChI=1S/C30H29F3N6O4/c1-41-23-14-21(15-24(42-2)26(23)43-3)36-29-37-27(34-13-12-18-6-10-22(40)11-7-18)25-28(38-29)39(17-35-25)16-19-4-8-20(9-5-19)30(31,32)33/h4-11,14-15,17,40H,12-13,16H2,1-3H3,(H2,34,36,37,38). The first-order valence-electron chi connectivity index (χ1n) is 13.2. The zero-order chi connectivity index (χ0) is 30.6. The van der Waals surface area contributed by atoms with Crippen molar-refractivity contribution in [2.45, 2.75) is 19.1 Å². The molecule has 0 saturated heterocycles. The highest BCUT2D eigenvalue weighted by molar-refractivity contribution is 5.85. The minimum Gasteiger partial charge on any atom is -0.508 e. The highest BCUT2D eigenvalue weighted by Gasteiger charge is 2.30. The van der Waals surface area contributed by atoms with E-state index in [2.05, 4.69) is 20.6 Å². The van der Waals surface area contributed by atoms with E-state index < -0.39 is 11.7 Å². The highest BCUT2D eigenvalue weighted by atomic mass is 19.4. The van der Waals surface area contributed by atoms with E-state index in [9.17, 15) is 18.3 Å². The van der Waals surface area contributed by atoms with Crippen LogP contribution in [0.3, 0.4) is 0 Å². The van der Waals surface area contributed by atoms with Crippen molar-refractivity contribution in [3.63, 3.8) is 0 Å². The number of fused-ring (bicyclic) bond motifs is 1. The quantitative estimate of drug-likeness (QED) is 0.169. The number of hydrogen-bond acceptors (Lipinski definition) is 9. The maximum atomic E-state index is 13.1. The number of ether oxygens (including phenoxy) is 3. The van der Waals surface area contributed by atoms with Gasteiger partial charge in [0.2, 0.25) is 11.7 Å². The van der Waals surface area contributed by atoms with Crippen molar-refractivity contribution in [3.8, 4) is 23.0 Å². The molecule has 0 aliphatic heterocycles. The van der Waals surface area contributed by atoms with Crippen LogP contribution < -0.4 is 24.8 Å². The van der Waals surface area contributed by atoms with Crippen LogP contribution in [0.2, 0.25) is 0 Å². The summed E-state index contributed by atoms with van der Waals surface area (Å²) in [6.07, 6.45) is -2.19. The molecule has 0 fully saturated rings. The van der Waals surface area contributed by atoms with Gasteiger partial charge in [-0.15, -0.1) is 0 Å². The molecule has 2 aromatic heterocycles. The lowest BCUT2D eigenvalue weighted by Crippen LogP contribution is -2.10. The van der Waals surface area contributed by atoms with E-state index in [0.717, 1.165) is 17.7 Å². The van der Waals surface area contributed by atoms with Crippen LogP contribution in [0.15, 0.2) is 67.0 Å². The SMILES string of the molecule is COc1cc(Nc2nc(NCCc3ccc(O)cc3)c3ncn(Cc4ccc(C(F)(F)F)cc4)c3n2)cc(OC)c1OC. The minimum absolute atomic E-state index is 0.190. The van der Waals surface area contributed by atoms with Gasteiger partial charge in [0.25, 0.3) is 0 Å². The van der Waals surface area contributed by atoms with E-state index >= 15 is 0 Å². The molecular formula is C30H29F3N6O4. The second kappa shape index (κ2) is 12.3. The Hall–Kier alpha value is -5.20. The van der Waals surface area contributed by atoms with E-state index in [0.29, 0.717) is 58.4 Å². The summed E-state index contributed by atoms with van der Waals surface area (Å²) in [6, 6.07) is 15.3. The van der Waals surface area contributed by atoms with Crippen LogP contribution in [0.1, 0.15) is 16.7 Å². The molecule has 3 aromatic carbocycles. The smallest absolute Gasteiger partial charge is 0.416 e. The zero-order valence-corrected chi connectivity index (χ0v) is 23.6. The number of halogens is 3. The first-order valence-corrected chi connectivity index (χ1v) is 13.2. The summed E-state index contributed by atoms with van der Waals surface area (Å²) >= 11 is 0. The number of alkyl halides is 3. The first-order chi connectivity index (χ1) is 20.7. The molecule has 13 heteroatoms. The van der Waals surface area contributed by atoms with Crippen LogP contribution in [0.4, 0.5) is 30.6 Å². The summed E-state index contributed by atoms with van der Waals surface area (Å²) in [5.41, 5.74) is 2.47. The lowest BCUT2D eigenvalue weighted by Gasteiger charge is -2.15. The van der Waals surface area contributed by atoms with E-state index in [1.165, 1.54) is 33.5 Å². The number of nitrogens with one attached hydrogen (secondary N) is 2. The summed E-state index contributed by atoms with van der Waals surface area (Å²) in [4.78, 5) is 13.9.